The molecule has 0 aliphatic carbocycles. The Labute approximate surface area is 183 Å². The van der Waals surface area contributed by atoms with Gasteiger partial charge in [0.05, 0.1) is 0 Å². The van der Waals surface area contributed by atoms with Crippen LogP contribution in [-0.4, -0.2) is 25.3 Å². The maximum absolute atomic E-state index is 9.72. The average Bonchev–Trinajstić information content (AvgIpc) is 2.74. The molecule has 0 aromatic heterocycles. The zero-order chi connectivity index (χ0) is 19.8. The summed E-state index contributed by atoms with van der Waals surface area (Å²) in [6, 6.07) is 26.1. The standard InChI is InChI=1S/C25H27NO2.BrH/c1-3-24(19-7-5-4-6-8-19)25(20-9-13-22(27)14-10-20)21-11-15-23(16-12-21)28-18-17-26-2;/h4-16,26-27H,3,17-18H2,1-2H3;1H/b25-24+;. The first-order valence-corrected chi connectivity index (χ1v) is 9.68. The van der Waals surface area contributed by atoms with Crippen molar-refractivity contribution in [1.82, 2.24) is 5.32 Å². The molecule has 2 N–H and O–H groups in total. The first-order valence-electron chi connectivity index (χ1n) is 9.68. The molecule has 3 nitrogen and oxygen atoms in total. The number of rotatable bonds is 8. The fraction of sp³-hybridized carbons (Fsp3) is 0.200. The van der Waals surface area contributed by atoms with Gasteiger partial charge in [0, 0.05) is 6.54 Å². The van der Waals surface area contributed by atoms with Gasteiger partial charge in [-0.3, -0.25) is 0 Å². The lowest BCUT2D eigenvalue weighted by atomic mass is 9.88. The normalized spacial score (nSPS) is 11.4. The van der Waals surface area contributed by atoms with Gasteiger partial charge in [0.25, 0.3) is 0 Å². The van der Waals surface area contributed by atoms with Crippen LogP contribution in [0.5, 0.6) is 11.5 Å². The van der Waals surface area contributed by atoms with Crippen molar-refractivity contribution in [3.05, 3.63) is 95.6 Å². The van der Waals surface area contributed by atoms with E-state index in [0.717, 1.165) is 29.8 Å². The molecule has 0 saturated carbocycles. The molecule has 0 fully saturated rings. The van der Waals surface area contributed by atoms with E-state index in [1.54, 1.807) is 12.1 Å². The van der Waals surface area contributed by atoms with Crippen molar-refractivity contribution < 1.29 is 9.84 Å². The minimum absolute atomic E-state index is 0. The van der Waals surface area contributed by atoms with Crippen molar-refractivity contribution in [2.24, 2.45) is 0 Å². The Bertz CT molecular complexity index is 904. The van der Waals surface area contributed by atoms with Crippen molar-refractivity contribution in [2.45, 2.75) is 13.3 Å². The van der Waals surface area contributed by atoms with Crippen LogP contribution in [0.15, 0.2) is 78.9 Å². The van der Waals surface area contributed by atoms with E-state index in [-0.39, 0.29) is 22.7 Å². The minimum atomic E-state index is 0. The molecule has 3 aromatic rings. The fourth-order valence-electron chi connectivity index (χ4n) is 3.30. The lowest BCUT2D eigenvalue weighted by Gasteiger charge is -2.17. The van der Waals surface area contributed by atoms with E-state index in [0.29, 0.717) is 6.61 Å². The van der Waals surface area contributed by atoms with Gasteiger partial charge in [0.15, 0.2) is 0 Å². The third-order valence-corrected chi connectivity index (χ3v) is 4.70. The van der Waals surface area contributed by atoms with Crippen LogP contribution in [0.2, 0.25) is 0 Å². The zero-order valence-corrected chi connectivity index (χ0v) is 18.6. The van der Waals surface area contributed by atoms with Crippen molar-refractivity contribution in [2.75, 3.05) is 20.2 Å². The van der Waals surface area contributed by atoms with Gasteiger partial charge in [-0.15, -0.1) is 17.0 Å². The number of likely N-dealkylation sites (N-methyl/N-ethyl adjacent to an activating group) is 1. The van der Waals surface area contributed by atoms with Crippen LogP contribution in [0.25, 0.3) is 11.1 Å². The highest BCUT2D eigenvalue weighted by atomic mass is 79.9. The minimum Gasteiger partial charge on any atom is -0.508 e. The van der Waals surface area contributed by atoms with E-state index in [1.165, 1.54) is 16.7 Å². The van der Waals surface area contributed by atoms with Crippen molar-refractivity contribution >= 4 is 28.1 Å². The van der Waals surface area contributed by atoms with Crippen LogP contribution >= 0.6 is 17.0 Å². The van der Waals surface area contributed by atoms with E-state index in [9.17, 15) is 5.11 Å². The number of aromatic hydroxyl groups is 1. The second-order valence-electron chi connectivity index (χ2n) is 6.60. The van der Waals surface area contributed by atoms with E-state index < -0.39 is 0 Å². The summed E-state index contributed by atoms with van der Waals surface area (Å²) in [5.41, 5.74) is 5.88. The highest BCUT2D eigenvalue weighted by molar-refractivity contribution is 8.93. The number of allylic oxidation sites excluding steroid dienone is 1. The maximum Gasteiger partial charge on any atom is 0.119 e. The summed E-state index contributed by atoms with van der Waals surface area (Å²) in [5.74, 6) is 1.14. The third kappa shape index (κ3) is 5.96. The Hall–Kier alpha value is -2.56. The van der Waals surface area contributed by atoms with Crippen LogP contribution in [0, 0.1) is 0 Å². The molecular formula is C25H28BrNO2. The van der Waals surface area contributed by atoms with Gasteiger partial charge in [0.2, 0.25) is 0 Å². The first kappa shape index (κ1) is 22.7. The van der Waals surface area contributed by atoms with Gasteiger partial charge in [0.1, 0.15) is 18.1 Å². The maximum atomic E-state index is 9.72. The Morgan fingerprint density at radius 3 is 1.97 bits per heavy atom. The quantitative estimate of drug-likeness (QED) is 0.327. The summed E-state index contributed by atoms with van der Waals surface area (Å²) in [7, 11) is 1.91. The summed E-state index contributed by atoms with van der Waals surface area (Å²) in [5, 5.41) is 12.8. The lowest BCUT2D eigenvalue weighted by Crippen LogP contribution is -2.15. The number of halogens is 1. The topological polar surface area (TPSA) is 41.5 Å². The molecule has 0 amide bonds. The van der Waals surface area contributed by atoms with Crippen LogP contribution < -0.4 is 10.1 Å². The first-order chi connectivity index (χ1) is 13.7. The summed E-state index contributed by atoms with van der Waals surface area (Å²) in [4.78, 5) is 0. The van der Waals surface area contributed by atoms with Crippen LogP contribution in [0.3, 0.4) is 0 Å². The molecule has 0 radical (unpaired) electrons. The van der Waals surface area contributed by atoms with Gasteiger partial charge in [-0.05, 0) is 65.6 Å². The molecule has 29 heavy (non-hydrogen) atoms. The predicted octanol–water partition coefficient (Wildman–Crippen LogP) is 5.94. The van der Waals surface area contributed by atoms with E-state index in [2.05, 4.69) is 48.6 Å². The molecule has 152 valence electrons. The summed E-state index contributed by atoms with van der Waals surface area (Å²) < 4.78 is 5.76. The van der Waals surface area contributed by atoms with E-state index in [1.807, 2.05) is 37.4 Å². The molecule has 0 heterocycles. The smallest absolute Gasteiger partial charge is 0.119 e. The monoisotopic (exact) mass is 453 g/mol. The number of hydrogen-bond donors (Lipinski definition) is 2. The largest absolute Gasteiger partial charge is 0.508 e. The number of nitrogens with one attached hydrogen (secondary N) is 1. The molecule has 4 heteroatoms. The van der Waals surface area contributed by atoms with Crippen LogP contribution in [0.4, 0.5) is 0 Å². The Balaban J connectivity index is 0.00000300. The molecule has 0 saturated heterocycles. The SMILES string of the molecule is Br.CC/C(=C(/c1ccc(O)cc1)c1ccc(OCCNC)cc1)c1ccccc1. The van der Waals surface area contributed by atoms with Crippen molar-refractivity contribution in [3.63, 3.8) is 0 Å². The Morgan fingerprint density at radius 2 is 1.41 bits per heavy atom. The molecule has 3 rings (SSSR count). The van der Waals surface area contributed by atoms with Crippen LogP contribution in [0.1, 0.15) is 30.0 Å². The number of hydrogen-bond acceptors (Lipinski definition) is 3. The van der Waals surface area contributed by atoms with Crippen molar-refractivity contribution in [3.8, 4) is 11.5 Å². The second kappa shape index (κ2) is 11.4. The van der Waals surface area contributed by atoms with Gasteiger partial charge >= 0.3 is 0 Å². The zero-order valence-electron chi connectivity index (χ0n) is 16.9. The molecule has 0 aliphatic heterocycles. The van der Waals surface area contributed by atoms with Gasteiger partial charge in [-0.2, -0.15) is 0 Å². The molecular weight excluding hydrogens is 426 g/mol. The third-order valence-electron chi connectivity index (χ3n) is 4.70. The lowest BCUT2D eigenvalue weighted by molar-refractivity contribution is 0.318. The molecule has 0 aliphatic rings. The second-order valence-corrected chi connectivity index (χ2v) is 6.60. The van der Waals surface area contributed by atoms with Crippen LogP contribution in [-0.2, 0) is 0 Å². The van der Waals surface area contributed by atoms with Gasteiger partial charge < -0.3 is 15.2 Å². The Kier molecular flexibility index (Phi) is 8.97. The van der Waals surface area contributed by atoms with Gasteiger partial charge in [-0.1, -0.05) is 61.5 Å². The van der Waals surface area contributed by atoms with E-state index >= 15 is 0 Å². The molecule has 0 spiro atoms. The highest BCUT2D eigenvalue weighted by Gasteiger charge is 2.13. The van der Waals surface area contributed by atoms with Crippen molar-refractivity contribution in [1.29, 1.82) is 0 Å². The predicted molar refractivity (Wildman–Crippen MR) is 127 cm³/mol. The molecule has 3 aromatic carbocycles. The Morgan fingerprint density at radius 1 is 0.828 bits per heavy atom. The molecule has 0 unspecified atom stereocenters. The number of phenols is 1. The van der Waals surface area contributed by atoms with E-state index in [4.69, 9.17) is 4.74 Å². The summed E-state index contributed by atoms with van der Waals surface area (Å²) >= 11 is 0. The van der Waals surface area contributed by atoms with Gasteiger partial charge in [-0.25, -0.2) is 0 Å². The summed E-state index contributed by atoms with van der Waals surface area (Å²) in [6.07, 6.45) is 0.903. The highest BCUT2D eigenvalue weighted by Crippen LogP contribution is 2.35. The number of ether oxygens (including phenoxy) is 1. The molecule has 0 atom stereocenters. The summed E-state index contributed by atoms with van der Waals surface area (Å²) in [6.45, 7) is 3.63. The average molecular weight is 454 g/mol. The fourth-order valence-corrected chi connectivity index (χ4v) is 3.30. The molecule has 0 bridgehead atoms. The number of benzene rings is 3. The number of phenolic OH excluding ortho intramolecular Hbond substituents is 1.